The second-order valence-corrected chi connectivity index (χ2v) is 7.69. The van der Waals surface area contributed by atoms with Gasteiger partial charge in [-0.25, -0.2) is 4.79 Å². The number of rotatable bonds is 8. The fraction of sp³-hybridized carbons (Fsp3) is 0.882. The highest BCUT2D eigenvalue weighted by Crippen LogP contribution is 2.37. The van der Waals surface area contributed by atoms with E-state index in [2.05, 4.69) is 5.32 Å². The number of amides is 1. The van der Waals surface area contributed by atoms with Gasteiger partial charge in [-0.05, 0) is 0 Å². The maximum absolute atomic E-state index is 12.1. The van der Waals surface area contributed by atoms with Crippen LogP contribution in [-0.2, 0) is 23.8 Å². The average Bonchev–Trinajstić information content (AvgIpc) is 2.73. The lowest BCUT2D eigenvalue weighted by Gasteiger charge is -2.49. The molecule has 11 atom stereocenters. The minimum atomic E-state index is -2.86. The van der Waals surface area contributed by atoms with Crippen LogP contribution in [0.25, 0.3) is 0 Å². The zero-order valence-electron chi connectivity index (χ0n) is 17.0. The van der Waals surface area contributed by atoms with Gasteiger partial charge in [0.1, 0.15) is 42.7 Å². The summed E-state index contributed by atoms with van der Waals surface area (Å²) in [5, 5.41) is 91.5. The van der Waals surface area contributed by atoms with Crippen molar-refractivity contribution in [1.82, 2.24) is 5.32 Å². The standard InChI is InChI=1S/C17H29NO14/c1-5(21)18-9-6(22)2-17(16(28)29,31-13(9)10(24)7(23)3-19)32-14-11(25)8(4-20)30-15(27)12(14)26/h6-15,19-20,22-27H,2-4H2,1H3,(H,18,21)(H,28,29)/t6-,7-,8+,9-,10-,11+,12+,13-,14+,15-,17+/m1/s1. The van der Waals surface area contributed by atoms with Crippen LogP contribution >= 0.6 is 0 Å². The van der Waals surface area contributed by atoms with Gasteiger partial charge in [-0.1, -0.05) is 0 Å². The number of hydrogen-bond acceptors (Lipinski definition) is 13. The van der Waals surface area contributed by atoms with Gasteiger partial charge in [-0.3, -0.25) is 4.79 Å². The number of aliphatic hydroxyl groups excluding tert-OH is 8. The van der Waals surface area contributed by atoms with Gasteiger partial charge in [0.15, 0.2) is 6.29 Å². The molecule has 0 unspecified atom stereocenters. The van der Waals surface area contributed by atoms with E-state index < -0.39 is 98.5 Å². The Balaban J connectivity index is 2.42. The minimum absolute atomic E-state index is 0.693. The summed E-state index contributed by atoms with van der Waals surface area (Å²) in [4.78, 5) is 23.6. The molecule has 2 aliphatic heterocycles. The second kappa shape index (κ2) is 10.6. The molecule has 1 amide bonds. The van der Waals surface area contributed by atoms with Crippen LogP contribution in [0.4, 0.5) is 0 Å². The van der Waals surface area contributed by atoms with Crippen LogP contribution < -0.4 is 5.32 Å². The van der Waals surface area contributed by atoms with Crippen molar-refractivity contribution in [2.75, 3.05) is 13.2 Å². The van der Waals surface area contributed by atoms with Crippen LogP contribution in [0.1, 0.15) is 13.3 Å². The van der Waals surface area contributed by atoms with Gasteiger partial charge in [-0.15, -0.1) is 0 Å². The first kappa shape index (κ1) is 26.7. The predicted octanol–water partition coefficient (Wildman–Crippen LogP) is -6.05. The van der Waals surface area contributed by atoms with Gasteiger partial charge >= 0.3 is 5.97 Å². The Morgan fingerprint density at radius 2 is 1.78 bits per heavy atom. The fourth-order valence-electron chi connectivity index (χ4n) is 3.67. The van der Waals surface area contributed by atoms with Gasteiger partial charge in [-0.2, -0.15) is 0 Å². The van der Waals surface area contributed by atoms with Gasteiger partial charge in [0.05, 0.1) is 25.4 Å². The fourth-order valence-corrected chi connectivity index (χ4v) is 3.67. The summed E-state index contributed by atoms with van der Waals surface area (Å²) in [6, 6.07) is -1.44. The molecule has 0 aliphatic carbocycles. The van der Waals surface area contributed by atoms with E-state index in [4.69, 9.17) is 19.3 Å². The molecule has 0 bridgehead atoms. The molecule has 2 fully saturated rings. The van der Waals surface area contributed by atoms with Crippen LogP contribution in [-0.4, -0.2) is 138 Å². The number of carboxylic acids is 1. The van der Waals surface area contributed by atoms with E-state index in [-0.39, 0.29) is 0 Å². The first-order valence-electron chi connectivity index (χ1n) is 9.70. The molecule has 0 aromatic carbocycles. The number of ether oxygens (including phenoxy) is 3. The highest BCUT2D eigenvalue weighted by atomic mass is 16.7. The maximum atomic E-state index is 12.1. The quantitative estimate of drug-likeness (QED) is 0.158. The third kappa shape index (κ3) is 5.35. The Hall–Kier alpha value is -1.50. The van der Waals surface area contributed by atoms with Crippen LogP contribution in [0.3, 0.4) is 0 Å². The molecule has 10 N–H and O–H groups in total. The molecule has 0 saturated carbocycles. The van der Waals surface area contributed by atoms with Crippen molar-refractivity contribution in [1.29, 1.82) is 0 Å². The molecule has 186 valence electrons. The van der Waals surface area contributed by atoms with Crippen molar-refractivity contribution in [3.63, 3.8) is 0 Å². The van der Waals surface area contributed by atoms with Crippen LogP contribution in [0.5, 0.6) is 0 Å². The van der Waals surface area contributed by atoms with Gasteiger partial charge in [0.2, 0.25) is 5.91 Å². The van der Waals surface area contributed by atoms with E-state index in [1.165, 1.54) is 0 Å². The maximum Gasteiger partial charge on any atom is 0.364 e. The number of aliphatic hydroxyl groups is 8. The van der Waals surface area contributed by atoms with E-state index >= 15 is 0 Å². The van der Waals surface area contributed by atoms with E-state index in [1.54, 1.807) is 0 Å². The number of aliphatic carboxylic acids is 1. The Morgan fingerprint density at radius 3 is 2.28 bits per heavy atom. The molecule has 0 spiro atoms. The third-order valence-corrected chi connectivity index (χ3v) is 5.35. The lowest BCUT2D eigenvalue weighted by molar-refractivity contribution is -0.366. The molecule has 0 aromatic heterocycles. The molecule has 15 heteroatoms. The Morgan fingerprint density at radius 1 is 1.16 bits per heavy atom. The largest absolute Gasteiger partial charge is 0.477 e. The summed E-state index contributed by atoms with van der Waals surface area (Å²) in [5.74, 6) is -5.44. The number of hydrogen-bond donors (Lipinski definition) is 10. The zero-order valence-corrected chi connectivity index (χ0v) is 17.0. The van der Waals surface area contributed by atoms with E-state index in [0.29, 0.717) is 0 Å². The molecule has 2 heterocycles. The zero-order chi connectivity index (χ0) is 24.4. The molecule has 2 saturated heterocycles. The number of carbonyl (C=O) groups is 2. The van der Waals surface area contributed by atoms with E-state index in [9.17, 15) is 50.4 Å². The molecule has 2 rings (SSSR count). The lowest BCUT2D eigenvalue weighted by Crippen LogP contribution is -2.70. The molecular weight excluding hydrogens is 442 g/mol. The van der Waals surface area contributed by atoms with Crippen LogP contribution in [0.2, 0.25) is 0 Å². The summed E-state index contributed by atoms with van der Waals surface area (Å²) in [6.45, 7) is -0.741. The number of nitrogens with one attached hydrogen (secondary N) is 1. The van der Waals surface area contributed by atoms with Crippen molar-refractivity contribution >= 4 is 11.9 Å². The predicted molar refractivity (Wildman–Crippen MR) is 97.4 cm³/mol. The Kier molecular flexibility index (Phi) is 8.88. The van der Waals surface area contributed by atoms with E-state index in [0.717, 1.165) is 6.92 Å². The first-order valence-corrected chi connectivity index (χ1v) is 9.70. The topological polar surface area (TPSA) is 256 Å². The SMILES string of the molecule is CC(=O)N[C@H]1[C@H]([C@H](O)[C@H](O)CO)O[C@@](O[C@H]2[C@@H](O)[C@H](CO)O[C@@H](O)[C@H]2O)(C(=O)O)C[C@H]1O. The number of carboxylic acid groups (broad SMARTS) is 1. The van der Waals surface area contributed by atoms with Crippen molar-refractivity contribution in [2.45, 2.75) is 80.3 Å². The van der Waals surface area contributed by atoms with Crippen molar-refractivity contribution in [3.05, 3.63) is 0 Å². The summed E-state index contributed by atoms with van der Waals surface area (Å²) in [5.41, 5.74) is 0. The molecule has 32 heavy (non-hydrogen) atoms. The normalized spacial score (nSPS) is 42.2. The highest BCUT2D eigenvalue weighted by molar-refractivity contribution is 5.76. The van der Waals surface area contributed by atoms with Crippen LogP contribution in [0.15, 0.2) is 0 Å². The first-order chi connectivity index (χ1) is 14.9. The Bertz CT molecular complexity index is 665. The van der Waals surface area contributed by atoms with Crippen molar-refractivity contribution in [2.24, 2.45) is 0 Å². The van der Waals surface area contributed by atoms with Crippen molar-refractivity contribution < 1.29 is 69.8 Å². The van der Waals surface area contributed by atoms with Crippen LogP contribution in [0, 0.1) is 0 Å². The second-order valence-electron chi connectivity index (χ2n) is 7.69. The highest BCUT2D eigenvalue weighted by Gasteiger charge is 2.59. The molecular formula is C17H29NO14. The van der Waals surface area contributed by atoms with E-state index in [1.807, 2.05) is 0 Å². The van der Waals surface area contributed by atoms with Crippen molar-refractivity contribution in [3.8, 4) is 0 Å². The van der Waals surface area contributed by atoms with Gasteiger partial charge in [0, 0.05) is 13.3 Å². The molecule has 0 aromatic rings. The smallest absolute Gasteiger partial charge is 0.364 e. The monoisotopic (exact) mass is 471 g/mol. The summed E-state index contributed by atoms with van der Waals surface area (Å²) < 4.78 is 15.5. The summed E-state index contributed by atoms with van der Waals surface area (Å²) in [6.07, 6.45) is -17.6. The molecule has 2 aliphatic rings. The minimum Gasteiger partial charge on any atom is -0.477 e. The summed E-state index contributed by atoms with van der Waals surface area (Å²) >= 11 is 0. The average molecular weight is 471 g/mol. The van der Waals surface area contributed by atoms with Gasteiger partial charge in [0.25, 0.3) is 5.79 Å². The number of carbonyl (C=O) groups excluding carboxylic acids is 1. The molecule has 15 nitrogen and oxygen atoms in total. The molecule has 0 radical (unpaired) electrons. The lowest BCUT2D eigenvalue weighted by atomic mass is 9.88. The summed E-state index contributed by atoms with van der Waals surface area (Å²) in [7, 11) is 0. The third-order valence-electron chi connectivity index (χ3n) is 5.35. The van der Waals surface area contributed by atoms with Gasteiger partial charge < -0.3 is 65.5 Å². The Labute approximate surface area is 181 Å².